The topological polar surface area (TPSA) is 54.5 Å². The summed E-state index contributed by atoms with van der Waals surface area (Å²) in [5.41, 5.74) is 1.27. The Morgan fingerprint density at radius 2 is 1.91 bits per heavy atom. The van der Waals surface area contributed by atoms with Crippen LogP contribution in [0.2, 0.25) is 0 Å². The first-order chi connectivity index (χ1) is 11.3. The molecule has 0 amide bonds. The number of hydrogen-bond acceptors (Lipinski definition) is 5. The molecule has 1 aromatic heterocycles. The zero-order valence-corrected chi connectivity index (χ0v) is 13.9. The molecule has 2 fully saturated rings. The number of rotatable bonds is 4. The summed E-state index contributed by atoms with van der Waals surface area (Å²) in [7, 11) is 1.49. The first kappa shape index (κ1) is 16.2. The van der Waals surface area contributed by atoms with Crippen LogP contribution in [0.25, 0.3) is 0 Å². The molecule has 1 aliphatic heterocycles. The zero-order valence-electron chi connectivity index (χ0n) is 13.9. The quantitative estimate of drug-likeness (QED) is 0.864. The molecular weight excluding hydrogens is 290 g/mol. The van der Waals surface area contributed by atoms with Gasteiger partial charge in [-0.3, -0.25) is 9.78 Å². The lowest BCUT2D eigenvalue weighted by Crippen LogP contribution is -2.48. The van der Waals surface area contributed by atoms with Gasteiger partial charge in [-0.25, -0.2) is 0 Å². The number of piperidine rings is 1. The van der Waals surface area contributed by atoms with Gasteiger partial charge in [-0.2, -0.15) is 0 Å². The Morgan fingerprint density at radius 3 is 2.61 bits per heavy atom. The van der Waals surface area contributed by atoms with Gasteiger partial charge >= 0.3 is 5.97 Å². The van der Waals surface area contributed by atoms with Crippen LogP contribution in [-0.4, -0.2) is 43.2 Å². The monoisotopic (exact) mass is 317 g/mol. The second-order valence-electron chi connectivity index (χ2n) is 6.72. The number of hydrogen-bond donors (Lipinski definition) is 1. The van der Waals surface area contributed by atoms with E-state index < -0.39 is 0 Å². The van der Waals surface area contributed by atoms with Crippen molar-refractivity contribution in [3.05, 3.63) is 24.5 Å². The molecule has 0 radical (unpaired) electrons. The van der Waals surface area contributed by atoms with Crippen LogP contribution in [-0.2, 0) is 9.53 Å². The van der Waals surface area contributed by atoms with Gasteiger partial charge in [0.1, 0.15) is 0 Å². The highest BCUT2D eigenvalue weighted by Gasteiger charge is 2.30. The molecule has 2 heterocycles. The van der Waals surface area contributed by atoms with Crippen LogP contribution >= 0.6 is 0 Å². The van der Waals surface area contributed by atoms with Gasteiger partial charge in [0.2, 0.25) is 0 Å². The number of anilines is 1. The van der Waals surface area contributed by atoms with Crippen molar-refractivity contribution in [2.45, 2.75) is 50.6 Å². The highest BCUT2D eigenvalue weighted by molar-refractivity contribution is 5.72. The maximum Gasteiger partial charge on any atom is 0.308 e. The fraction of sp³-hybridized carbons (Fsp3) is 0.667. The molecule has 2 aliphatic rings. The van der Waals surface area contributed by atoms with Crippen LogP contribution in [0.15, 0.2) is 24.5 Å². The number of pyridine rings is 1. The molecule has 1 aliphatic carbocycles. The minimum absolute atomic E-state index is 0.0380. The van der Waals surface area contributed by atoms with Crippen molar-refractivity contribution in [1.29, 1.82) is 0 Å². The van der Waals surface area contributed by atoms with Gasteiger partial charge in [-0.05, 0) is 44.2 Å². The minimum Gasteiger partial charge on any atom is -0.469 e. The van der Waals surface area contributed by atoms with Crippen LogP contribution in [0.3, 0.4) is 0 Å². The lowest BCUT2D eigenvalue weighted by Gasteiger charge is -2.37. The molecule has 2 unspecified atom stereocenters. The summed E-state index contributed by atoms with van der Waals surface area (Å²) in [6.07, 6.45) is 10.2. The smallest absolute Gasteiger partial charge is 0.308 e. The van der Waals surface area contributed by atoms with E-state index >= 15 is 0 Å². The maximum absolute atomic E-state index is 11.7. The highest BCUT2D eigenvalue weighted by Crippen LogP contribution is 2.27. The highest BCUT2D eigenvalue weighted by atomic mass is 16.5. The SMILES string of the molecule is COC(=O)C1CCCC(NC2CCN(c3ccncc3)CC2)C1. The fourth-order valence-corrected chi connectivity index (χ4v) is 3.91. The maximum atomic E-state index is 11.7. The van der Waals surface area contributed by atoms with Crippen molar-refractivity contribution < 1.29 is 9.53 Å². The third-order valence-electron chi connectivity index (χ3n) is 5.20. The summed E-state index contributed by atoms with van der Waals surface area (Å²) in [6.45, 7) is 2.16. The number of ether oxygens (including phenoxy) is 1. The Bertz CT molecular complexity index is 500. The van der Waals surface area contributed by atoms with E-state index in [4.69, 9.17) is 4.74 Å². The van der Waals surface area contributed by atoms with Crippen molar-refractivity contribution in [3.63, 3.8) is 0 Å². The Morgan fingerprint density at radius 1 is 1.17 bits per heavy atom. The second kappa shape index (κ2) is 7.77. The molecule has 1 saturated carbocycles. The third-order valence-corrected chi connectivity index (χ3v) is 5.20. The number of esters is 1. The standard InChI is InChI=1S/C18H27N3O2/c1-23-18(22)14-3-2-4-16(13-14)20-15-7-11-21(12-8-15)17-5-9-19-10-6-17/h5-6,9-10,14-16,20H,2-4,7-8,11-13H2,1H3. The average molecular weight is 317 g/mol. The number of nitrogens with one attached hydrogen (secondary N) is 1. The predicted molar refractivity (Wildman–Crippen MR) is 90.4 cm³/mol. The zero-order chi connectivity index (χ0) is 16.1. The number of carbonyl (C=O) groups is 1. The summed E-state index contributed by atoms with van der Waals surface area (Å²) < 4.78 is 4.91. The molecule has 1 aromatic rings. The van der Waals surface area contributed by atoms with Crippen molar-refractivity contribution >= 4 is 11.7 Å². The van der Waals surface area contributed by atoms with Gasteiger partial charge in [-0.15, -0.1) is 0 Å². The van der Waals surface area contributed by atoms with E-state index in [1.54, 1.807) is 0 Å². The second-order valence-corrected chi connectivity index (χ2v) is 6.72. The fourth-order valence-electron chi connectivity index (χ4n) is 3.91. The van der Waals surface area contributed by atoms with Crippen LogP contribution in [0, 0.1) is 5.92 Å². The van der Waals surface area contributed by atoms with Gasteiger partial charge < -0.3 is 15.0 Å². The molecule has 126 valence electrons. The van der Waals surface area contributed by atoms with Crippen molar-refractivity contribution in [1.82, 2.24) is 10.3 Å². The summed E-state index contributed by atoms with van der Waals surface area (Å²) >= 11 is 0. The van der Waals surface area contributed by atoms with Crippen LogP contribution in [0.5, 0.6) is 0 Å². The van der Waals surface area contributed by atoms with Gasteiger partial charge in [0.25, 0.3) is 0 Å². The summed E-state index contributed by atoms with van der Waals surface area (Å²) in [5, 5.41) is 3.79. The lowest BCUT2D eigenvalue weighted by atomic mass is 9.85. The summed E-state index contributed by atoms with van der Waals surface area (Å²) in [6, 6.07) is 5.19. The summed E-state index contributed by atoms with van der Waals surface area (Å²) in [4.78, 5) is 18.3. The molecule has 1 saturated heterocycles. The van der Waals surface area contributed by atoms with Gasteiger partial charge in [-0.1, -0.05) is 6.42 Å². The van der Waals surface area contributed by atoms with Crippen molar-refractivity contribution in [2.24, 2.45) is 5.92 Å². The third kappa shape index (κ3) is 4.22. The average Bonchev–Trinajstić information content (AvgIpc) is 2.62. The Kier molecular flexibility index (Phi) is 5.49. The van der Waals surface area contributed by atoms with Crippen LogP contribution in [0.4, 0.5) is 5.69 Å². The molecule has 2 atom stereocenters. The van der Waals surface area contributed by atoms with Crippen LogP contribution in [0.1, 0.15) is 38.5 Å². The summed E-state index contributed by atoms with van der Waals surface area (Å²) in [5.74, 6) is 0.0483. The van der Waals surface area contributed by atoms with E-state index in [9.17, 15) is 4.79 Å². The number of nitrogens with zero attached hydrogens (tertiary/aromatic N) is 2. The molecule has 0 spiro atoms. The first-order valence-corrected chi connectivity index (χ1v) is 8.75. The first-order valence-electron chi connectivity index (χ1n) is 8.75. The predicted octanol–water partition coefficient (Wildman–Crippen LogP) is 2.37. The molecular formula is C18H27N3O2. The van der Waals surface area contributed by atoms with Gasteiger partial charge in [0.15, 0.2) is 0 Å². The number of carbonyl (C=O) groups excluding carboxylic acids is 1. The molecule has 0 bridgehead atoms. The van der Waals surface area contributed by atoms with Crippen molar-refractivity contribution in [2.75, 3.05) is 25.1 Å². The largest absolute Gasteiger partial charge is 0.469 e. The number of methoxy groups -OCH3 is 1. The Hall–Kier alpha value is -1.62. The Balaban J connectivity index is 1.46. The van der Waals surface area contributed by atoms with E-state index in [2.05, 4.69) is 27.3 Å². The minimum atomic E-state index is -0.0380. The van der Waals surface area contributed by atoms with E-state index in [0.717, 1.165) is 45.2 Å². The van der Waals surface area contributed by atoms with Crippen molar-refractivity contribution in [3.8, 4) is 0 Å². The van der Waals surface area contributed by atoms with Gasteiger partial charge in [0.05, 0.1) is 13.0 Å². The van der Waals surface area contributed by atoms with Crippen LogP contribution < -0.4 is 10.2 Å². The molecule has 5 nitrogen and oxygen atoms in total. The van der Waals surface area contributed by atoms with E-state index in [0.29, 0.717) is 12.1 Å². The molecule has 5 heteroatoms. The molecule has 0 aromatic carbocycles. The van der Waals surface area contributed by atoms with E-state index in [-0.39, 0.29) is 11.9 Å². The van der Waals surface area contributed by atoms with Gasteiger partial charge in [0, 0.05) is 43.3 Å². The Labute approximate surface area is 138 Å². The normalized spacial score (nSPS) is 26.0. The molecule has 1 N–H and O–H groups in total. The number of aromatic nitrogens is 1. The lowest BCUT2D eigenvalue weighted by molar-refractivity contribution is -0.146. The molecule has 3 rings (SSSR count). The molecule has 23 heavy (non-hydrogen) atoms. The van der Waals surface area contributed by atoms with E-state index in [1.807, 2.05) is 12.4 Å². The van der Waals surface area contributed by atoms with E-state index in [1.165, 1.54) is 19.2 Å².